The van der Waals surface area contributed by atoms with Gasteiger partial charge in [-0.1, -0.05) is 36.4 Å². The molecular weight excluding hydrogens is 481 g/mol. The summed E-state index contributed by atoms with van der Waals surface area (Å²) >= 11 is 0. The maximum absolute atomic E-state index is 13.7. The summed E-state index contributed by atoms with van der Waals surface area (Å²) in [6.45, 7) is 2.28. The van der Waals surface area contributed by atoms with Crippen LogP contribution < -0.4 is 15.0 Å². The normalized spacial score (nSPS) is 17.1. The number of halogens is 1. The standard InChI is InChI=1S/C26H30FN5O3S/c1-31(36(2,33)34)18-26(19-7-4-3-5-8-19)12-14-32(15-13-26)25-29-22-11-16-35-23(22)24(30-25)28-21-10-6-9-20(27)17-21/h3-10,17H,11-16,18H2,1-2H3,(H,28,29,30). The molecule has 0 spiro atoms. The van der Waals surface area contributed by atoms with Crippen LogP contribution in [0.2, 0.25) is 0 Å². The Morgan fingerprint density at radius 3 is 2.56 bits per heavy atom. The molecule has 0 unspecified atom stereocenters. The number of likely N-dealkylation sites (N-methyl/N-ethyl adjacent to an activating group) is 1. The molecule has 0 radical (unpaired) electrons. The summed E-state index contributed by atoms with van der Waals surface area (Å²) in [5, 5.41) is 3.19. The summed E-state index contributed by atoms with van der Waals surface area (Å²) in [4.78, 5) is 11.7. The molecule has 1 aromatic heterocycles. The molecule has 10 heteroatoms. The second kappa shape index (κ2) is 9.67. The summed E-state index contributed by atoms with van der Waals surface area (Å²) in [5.41, 5.74) is 2.24. The Labute approximate surface area is 211 Å². The van der Waals surface area contributed by atoms with Gasteiger partial charge in [-0.15, -0.1) is 0 Å². The third-order valence-electron chi connectivity index (χ3n) is 7.08. The van der Waals surface area contributed by atoms with Crippen LogP contribution in [0.3, 0.4) is 0 Å². The molecule has 0 amide bonds. The molecule has 36 heavy (non-hydrogen) atoms. The van der Waals surface area contributed by atoms with Crippen molar-refractivity contribution in [1.82, 2.24) is 14.3 Å². The predicted octanol–water partition coefficient (Wildman–Crippen LogP) is 3.72. The van der Waals surface area contributed by atoms with E-state index in [-0.39, 0.29) is 11.2 Å². The Balaban J connectivity index is 1.41. The topological polar surface area (TPSA) is 87.7 Å². The van der Waals surface area contributed by atoms with E-state index in [1.807, 2.05) is 18.2 Å². The first-order valence-corrected chi connectivity index (χ1v) is 13.9. The van der Waals surface area contributed by atoms with Crippen molar-refractivity contribution in [3.63, 3.8) is 0 Å². The Hall–Kier alpha value is -3.24. The molecule has 2 aromatic carbocycles. The molecule has 2 aliphatic heterocycles. The number of anilines is 3. The molecule has 0 saturated carbocycles. The fraction of sp³-hybridized carbons (Fsp3) is 0.385. The molecule has 190 valence electrons. The quantitative estimate of drug-likeness (QED) is 0.517. The van der Waals surface area contributed by atoms with Gasteiger partial charge in [0, 0.05) is 44.2 Å². The first-order valence-electron chi connectivity index (χ1n) is 12.0. The Morgan fingerprint density at radius 2 is 1.86 bits per heavy atom. The zero-order chi connectivity index (χ0) is 25.3. The number of hydrogen-bond donors (Lipinski definition) is 1. The molecule has 2 aliphatic rings. The number of nitrogens with one attached hydrogen (secondary N) is 1. The van der Waals surface area contributed by atoms with E-state index >= 15 is 0 Å². The van der Waals surface area contributed by atoms with Crippen LogP contribution in [0.4, 0.5) is 21.8 Å². The van der Waals surface area contributed by atoms with Crippen molar-refractivity contribution < 1.29 is 17.5 Å². The fourth-order valence-corrected chi connectivity index (χ4v) is 5.47. The lowest BCUT2D eigenvalue weighted by Crippen LogP contribution is -2.49. The van der Waals surface area contributed by atoms with Crippen molar-refractivity contribution >= 4 is 27.5 Å². The largest absolute Gasteiger partial charge is 0.487 e. The van der Waals surface area contributed by atoms with Crippen molar-refractivity contribution in [3.05, 3.63) is 71.7 Å². The monoisotopic (exact) mass is 511 g/mol. The van der Waals surface area contributed by atoms with Crippen LogP contribution in [0.1, 0.15) is 24.1 Å². The zero-order valence-electron chi connectivity index (χ0n) is 20.4. The molecular formula is C26H30FN5O3S. The van der Waals surface area contributed by atoms with E-state index in [1.54, 1.807) is 19.2 Å². The lowest BCUT2D eigenvalue weighted by molar-refractivity contribution is 0.271. The molecule has 0 bridgehead atoms. The van der Waals surface area contributed by atoms with Crippen LogP contribution in [0, 0.1) is 5.82 Å². The first-order chi connectivity index (χ1) is 17.2. The van der Waals surface area contributed by atoms with E-state index in [4.69, 9.17) is 14.7 Å². The first kappa shape index (κ1) is 24.5. The lowest BCUT2D eigenvalue weighted by Gasteiger charge is -2.44. The number of nitrogens with zero attached hydrogens (tertiary/aromatic N) is 4. The Morgan fingerprint density at radius 1 is 1.11 bits per heavy atom. The molecule has 3 aromatic rings. The highest BCUT2D eigenvalue weighted by atomic mass is 32.2. The van der Waals surface area contributed by atoms with Gasteiger partial charge in [-0.05, 0) is 36.6 Å². The van der Waals surface area contributed by atoms with Crippen LogP contribution in [0.15, 0.2) is 54.6 Å². The predicted molar refractivity (Wildman–Crippen MR) is 138 cm³/mol. The van der Waals surface area contributed by atoms with Gasteiger partial charge in [-0.2, -0.15) is 4.98 Å². The van der Waals surface area contributed by atoms with Gasteiger partial charge < -0.3 is 15.0 Å². The number of piperidine rings is 1. The van der Waals surface area contributed by atoms with Crippen molar-refractivity contribution in [1.29, 1.82) is 0 Å². The second-order valence-corrected chi connectivity index (χ2v) is 11.6. The number of aromatic nitrogens is 2. The highest BCUT2D eigenvalue weighted by molar-refractivity contribution is 7.88. The van der Waals surface area contributed by atoms with E-state index in [0.29, 0.717) is 55.9 Å². The molecule has 8 nitrogen and oxygen atoms in total. The smallest absolute Gasteiger partial charge is 0.227 e. The number of rotatable bonds is 7. The summed E-state index contributed by atoms with van der Waals surface area (Å²) in [6.07, 6.45) is 3.43. The van der Waals surface area contributed by atoms with E-state index < -0.39 is 10.0 Å². The van der Waals surface area contributed by atoms with Crippen molar-refractivity contribution in [2.45, 2.75) is 24.7 Å². The molecule has 1 saturated heterocycles. The summed E-state index contributed by atoms with van der Waals surface area (Å²) in [7, 11) is -1.67. The van der Waals surface area contributed by atoms with Crippen LogP contribution >= 0.6 is 0 Å². The minimum Gasteiger partial charge on any atom is -0.487 e. The number of fused-ring (bicyclic) bond motifs is 1. The molecule has 3 heterocycles. The van der Waals surface area contributed by atoms with E-state index in [1.165, 1.54) is 22.7 Å². The highest BCUT2D eigenvalue weighted by Gasteiger charge is 2.39. The molecule has 1 fully saturated rings. The minimum atomic E-state index is -3.31. The molecule has 1 N–H and O–H groups in total. The van der Waals surface area contributed by atoms with Gasteiger partial charge in [-0.25, -0.2) is 22.1 Å². The van der Waals surface area contributed by atoms with Gasteiger partial charge in [0.2, 0.25) is 16.0 Å². The fourth-order valence-electron chi connectivity index (χ4n) is 4.99. The van der Waals surface area contributed by atoms with Crippen LogP contribution in [-0.2, 0) is 21.9 Å². The molecule has 5 rings (SSSR count). The summed E-state index contributed by atoms with van der Waals surface area (Å²) in [5.74, 6) is 1.39. The van der Waals surface area contributed by atoms with Crippen LogP contribution in [-0.4, -0.2) is 62.2 Å². The Kier molecular flexibility index (Phi) is 6.57. The SMILES string of the molecule is CN(CC1(c2ccccc2)CCN(c2nc3c(c(Nc4cccc(F)c4)n2)OCC3)CC1)S(C)(=O)=O. The molecule has 0 atom stereocenters. The van der Waals surface area contributed by atoms with Gasteiger partial charge in [0.15, 0.2) is 11.6 Å². The van der Waals surface area contributed by atoms with E-state index in [0.717, 1.165) is 24.1 Å². The van der Waals surface area contributed by atoms with Crippen molar-refractivity contribution in [3.8, 4) is 5.75 Å². The average Bonchev–Trinajstić information content (AvgIpc) is 3.34. The maximum Gasteiger partial charge on any atom is 0.227 e. The van der Waals surface area contributed by atoms with Gasteiger partial charge >= 0.3 is 0 Å². The summed E-state index contributed by atoms with van der Waals surface area (Å²) < 4.78 is 45.4. The third-order valence-corrected chi connectivity index (χ3v) is 8.34. The number of benzene rings is 2. The van der Waals surface area contributed by atoms with E-state index in [2.05, 4.69) is 22.3 Å². The lowest BCUT2D eigenvalue weighted by atomic mass is 9.72. The van der Waals surface area contributed by atoms with Crippen molar-refractivity contribution in [2.75, 3.05) is 49.8 Å². The molecule has 0 aliphatic carbocycles. The summed E-state index contributed by atoms with van der Waals surface area (Å²) in [6, 6.07) is 16.4. The van der Waals surface area contributed by atoms with Gasteiger partial charge in [0.1, 0.15) is 5.82 Å². The van der Waals surface area contributed by atoms with E-state index in [9.17, 15) is 12.8 Å². The Bertz CT molecular complexity index is 1340. The third kappa shape index (κ3) is 5.01. The van der Waals surface area contributed by atoms with Crippen molar-refractivity contribution in [2.24, 2.45) is 0 Å². The van der Waals surface area contributed by atoms with Gasteiger partial charge in [0.05, 0.1) is 18.6 Å². The van der Waals surface area contributed by atoms with Crippen LogP contribution in [0.25, 0.3) is 0 Å². The second-order valence-electron chi connectivity index (χ2n) is 9.53. The maximum atomic E-state index is 13.7. The van der Waals surface area contributed by atoms with Gasteiger partial charge in [-0.3, -0.25) is 0 Å². The number of ether oxygens (including phenoxy) is 1. The average molecular weight is 512 g/mol. The highest BCUT2D eigenvalue weighted by Crippen LogP contribution is 2.39. The number of hydrogen-bond acceptors (Lipinski definition) is 7. The zero-order valence-corrected chi connectivity index (χ0v) is 21.3. The van der Waals surface area contributed by atoms with Gasteiger partial charge in [0.25, 0.3) is 0 Å². The van der Waals surface area contributed by atoms with Crippen LogP contribution in [0.5, 0.6) is 5.75 Å². The minimum absolute atomic E-state index is 0.307. The number of sulfonamides is 1.